The molecule has 1 amide bonds. The van der Waals surface area contributed by atoms with Crippen LogP contribution in [0, 0.1) is 0 Å². The first-order valence-corrected chi connectivity index (χ1v) is 11.3. The summed E-state index contributed by atoms with van der Waals surface area (Å²) in [6, 6.07) is 10.3. The summed E-state index contributed by atoms with van der Waals surface area (Å²) in [5.74, 6) is 0.110. The van der Waals surface area contributed by atoms with Crippen molar-refractivity contribution >= 4 is 27.3 Å². The van der Waals surface area contributed by atoms with E-state index < -0.39 is 15.1 Å². The van der Waals surface area contributed by atoms with Crippen molar-refractivity contribution in [2.24, 2.45) is 0 Å². The minimum absolute atomic E-state index is 0.00777. The average Bonchev–Trinajstić information content (AvgIpc) is 2.80. The number of nitrogens with zero attached hydrogens (tertiary/aromatic N) is 2. The van der Waals surface area contributed by atoms with Gasteiger partial charge in [0.2, 0.25) is 5.88 Å². The van der Waals surface area contributed by atoms with Crippen molar-refractivity contribution in [2.75, 3.05) is 18.8 Å². The van der Waals surface area contributed by atoms with Crippen molar-refractivity contribution in [3.05, 3.63) is 58.7 Å². The van der Waals surface area contributed by atoms with Crippen molar-refractivity contribution in [2.45, 2.75) is 31.6 Å². The number of hydrogen-bond acceptors (Lipinski definition) is 5. The lowest BCUT2D eigenvalue weighted by molar-refractivity contribution is 0.0766. The highest BCUT2D eigenvalue weighted by Crippen LogP contribution is 2.34. The van der Waals surface area contributed by atoms with E-state index in [9.17, 15) is 13.2 Å². The lowest BCUT2D eigenvalue weighted by Gasteiger charge is -2.20. The largest absolute Gasteiger partial charge is 0.475 e. The van der Waals surface area contributed by atoms with Crippen LogP contribution in [-0.4, -0.2) is 49.2 Å². The van der Waals surface area contributed by atoms with Crippen LogP contribution in [0.2, 0.25) is 5.02 Å². The van der Waals surface area contributed by atoms with E-state index in [1.165, 1.54) is 6.20 Å². The van der Waals surface area contributed by atoms with E-state index in [0.29, 0.717) is 35.0 Å². The van der Waals surface area contributed by atoms with E-state index in [1.54, 1.807) is 41.3 Å². The number of halogens is 1. The lowest BCUT2D eigenvalue weighted by Crippen LogP contribution is -2.33. The normalized spacial score (nSPS) is 19.3. The van der Waals surface area contributed by atoms with Crippen LogP contribution >= 0.6 is 11.6 Å². The standard InChI is InChI=1S/C20H23ClN2O4S/c1-14(2)27-19-8-7-15(13-22-19)20(24)23-10-9-18(28(25,26)12-11-23)16-5-3-4-6-17(16)21/h3-8,13-14,18H,9-12H2,1-2H3. The molecule has 0 aliphatic carbocycles. The number of ether oxygens (including phenoxy) is 1. The Morgan fingerprint density at radius 3 is 2.61 bits per heavy atom. The zero-order valence-electron chi connectivity index (χ0n) is 15.8. The number of rotatable bonds is 4. The SMILES string of the molecule is CC(C)Oc1ccc(C(=O)N2CCC(c3ccccc3Cl)S(=O)(=O)CC2)cn1. The van der Waals surface area contributed by atoms with Gasteiger partial charge in [0, 0.05) is 30.4 Å². The molecule has 3 rings (SSSR count). The van der Waals surface area contributed by atoms with Gasteiger partial charge in [0.05, 0.1) is 22.7 Å². The Bertz CT molecular complexity index is 945. The summed E-state index contributed by atoms with van der Waals surface area (Å²) in [5.41, 5.74) is 1.00. The Balaban J connectivity index is 1.77. The number of aromatic nitrogens is 1. The Morgan fingerprint density at radius 1 is 1.21 bits per heavy atom. The number of benzene rings is 1. The summed E-state index contributed by atoms with van der Waals surface area (Å²) in [6.07, 6.45) is 1.76. The first kappa shape index (κ1) is 20.6. The number of carbonyl (C=O) groups excluding carboxylic acids is 1. The average molecular weight is 423 g/mol. The summed E-state index contributed by atoms with van der Waals surface area (Å²) >= 11 is 6.22. The molecule has 0 bridgehead atoms. The molecule has 1 atom stereocenters. The van der Waals surface area contributed by atoms with Gasteiger partial charge in [0.15, 0.2) is 9.84 Å². The molecule has 28 heavy (non-hydrogen) atoms. The molecule has 2 aromatic rings. The van der Waals surface area contributed by atoms with Crippen molar-refractivity contribution in [1.29, 1.82) is 0 Å². The number of amides is 1. The molecule has 1 fully saturated rings. The fraction of sp³-hybridized carbons (Fsp3) is 0.400. The van der Waals surface area contributed by atoms with E-state index >= 15 is 0 Å². The minimum Gasteiger partial charge on any atom is -0.475 e. The minimum atomic E-state index is -3.42. The molecule has 150 valence electrons. The molecule has 0 spiro atoms. The highest BCUT2D eigenvalue weighted by atomic mass is 35.5. The van der Waals surface area contributed by atoms with Gasteiger partial charge in [-0.1, -0.05) is 29.8 Å². The van der Waals surface area contributed by atoms with E-state index in [-0.39, 0.29) is 24.3 Å². The molecule has 0 radical (unpaired) electrons. The summed E-state index contributed by atoms with van der Waals surface area (Å²) in [4.78, 5) is 18.6. The third-order valence-electron chi connectivity index (χ3n) is 4.62. The van der Waals surface area contributed by atoms with E-state index in [0.717, 1.165) is 0 Å². The maximum absolute atomic E-state index is 12.8. The van der Waals surface area contributed by atoms with Gasteiger partial charge in [0.1, 0.15) is 0 Å². The fourth-order valence-corrected chi connectivity index (χ4v) is 5.38. The third kappa shape index (κ3) is 4.64. The smallest absolute Gasteiger partial charge is 0.255 e. The van der Waals surface area contributed by atoms with Crippen LogP contribution in [0.25, 0.3) is 0 Å². The predicted molar refractivity (Wildman–Crippen MR) is 109 cm³/mol. The summed E-state index contributed by atoms with van der Waals surface area (Å²) < 4.78 is 31.1. The number of carbonyl (C=O) groups is 1. The second-order valence-electron chi connectivity index (χ2n) is 7.01. The monoisotopic (exact) mass is 422 g/mol. The maximum atomic E-state index is 12.8. The summed E-state index contributed by atoms with van der Waals surface area (Å²) in [6.45, 7) is 4.27. The van der Waals surface area contributed by atoms with E-state index in [1.807, 2.05) is 13.8 Å². The molecule has 0 N–H and O–H groups in total. The van der Waals surface area contributed by atoms with Crippen molar-refractivity contribution in [1.82, 2.24) is 9.88 Å². The first-order valence-electron chi connectivity index (χ1n) is 9.16. The van der Waals surface area contributed by atoms with Crippen molar-refractivity contribution in [3.63, 3.8) is 0 Å². The van der Waals surface area contributed by atoms with E-state index in [4.69, 9.17) is 16.3 Å². The Hall–Kier alpha value is -2.12. The van der Waals surface area contributed by atoms with Gasteiger partial charge in [-0.05, 0) is 38.0 Å². The molecular formula is C20H23ClN2O4S. The van der Waals surface area contributed by atoms with Gasteiger partial charge in [-0.25, -0.2) is 13.4 Å². The van der Waals surface area contributed by atoms with Gasteiger partial charge in [-0.3, -0.25) is 4.79 Å². The number of sulfone groups is 1. The van der Waals surface area contributed by atoms with Gasteiger partial charge in [-0.15, -0.1) is 0 Å². The fourth-order valence-electron chi connectivity index (χ4n) is 3.23. The zero-order chi connectivity index (χ0) is 20.3. The molecule has 1 aromatic heterocycles. The third-order valence-corrected chi connectivity index (χ3v) is 7.07. The van der Waals surface area contributed by atoms with Crippen LogP contribution in [0.15, 0.2) is 42.6 Å². The highest BCUT2D eigenvalue weighted by molar-refractivity contribution is 7.91. The molecule has 1 aromatic carbocycles. The maximum Gasteiger partial charge on any atom is 0.255 e. The topological polar surface area (TPSA) is 76.6 Å². The van der Waals surface area contributed by atoms with Crippen molar-refractivity contribution < 1.29 is 17.9 Å². The number of hydrogen-bond donors (Lipinski definition) is 0. The Kier molecular flexibility index (Phi) is 6.25. The van der Waals surface area contributed by atoms with Crippen LogP contribution in [0.4, 0.5) is 0 Å². The van der Waals surface area contributed by atoms with Crippen LogP contribution in [0.5, 0.6) is 5.88 Å². The Morgan fingerprint density at radius 2 is 1.96 bits per heavy atom. The second-order valence-corrected chi connectivity index (χ2v) is 9.72. The molecule has 1 aliphatic rings. The molecule has 1 saturated heterocycles. The van der Waals surface area contributed by atoms with Gasteiger partial charge < -0.3 is 9.64 Å². The molecule has 1 aliphatic heterocycles. The number of pyridine rings is 1. The van der Waals surface area contributed by atoms with Gasteiger partial charge in [0.25, 0.3) is 5.91 Å². The predicted octanol–water partition coefficient (Wildman–Crippen LogP) is 3.52. The molecule has 0 saturated carbocycles. The summed E-state index contributed by atoms with van der Waals surface area (Å²) in [7, 11) is -3.42. The van der Waals surface area contributed by atoms with Gasteiger partial charge in [-0.2, -0.15) is 0 Å². The van der Waals surface area contributed by atoms with Crippen LogP contribution in [0.3, 0.4) is 0 Å². The second kappa shape index (κ2) is 8.49. The van der Waals surface area contributed by atoms with Crippen LogP contribution < -0.4 is 4.74 Å². The van der Waals surface area contributed by atoms with Gasteiger partial charge >= 0.3 is 0 Å². The molecule has 2 heterocycles. The molecular weight excluding hydrogens is 400 g/mol. The molecule has 6 nitrogen and oxygen atoms in total. The molecule has 8 heteroatoms. The van der Waals surface area contributed by atoms with Crippen molar-refractivity contribution in [3.8, 4) is 5.88 Å². The molecule has 1 unspecified atom stereocenters. The lowest BCUT2D eigenvalue weighted by atomic mass is 10.1. The highest BCUT2D eigenvalue weighted by Gasteiger charge is 2.34. The zero-order valence-corrected chi connectivity index (χ0v) is 17.4. The van der Waals surface area contributed by atoms with Crippen LogP contribution in [-0.2, 0) is 9.84 Å². The first-order chi connectivity index (χ1) is 13.3. The Labute approximate surface area is 170 Å². The van der Waals surface area contributed by atoms with Crippen LogP contribution in [0.1, 0.15) is 41.4 Å². The summed E-state index contributed by atoms with van der Waals surface area (Å²) in [5, 5.41) is -0.278. The van der Waals surface area contributed by atoms with E-state index in [2.05, 4.69) is 4.98 Å². The quantitative estimate of drug-likeness (QED) is 0.753.